The summed E-state index contributed by atoms with van der Waals surface area (Å²) in [6, 6.07) is 11.9. The van der Waals surface area contributed by atoms with Gasteiger partial charge >= 0.3 is 5.97 Å². The third-order valence-corrected chi connectivity index (χ3v) is 4.35. The van der Waals surface area contributed by atoms with Crippen molar-refractivity contribution in [1.29, 1.82) is 0 Å². The molecule has 0 radical (unpaired) electrons. The van der Waals surface area contributed by atoms with Crippen molar-refractivity contribution in [2.75, 3.05) is 19.8 Å². The summed E-state index contributed by atoms with van der Waals surface area (Å²) >= 11 is 11.8. The molecule has 3 rings (SSSR count). The molecule has 2 aromatic carbocycles. The second-order valence-corrected chi connectivity index (χ2v) is 6.37. The molecule has 0 bridgehead atoms. The molecule has 1 aliphatic heterocycles. The number of hydrogen-bond acceptors (Lipinski definition) is 4. The topological polar surface area (TPSA) is 55.8 Å². The normalized spacial score (nSPS) is 12.9. The lowest BCUT2D eigenvalue weighted by atomic mass is 10.1. The predicted octanol–water partition coefficient (Wildman–Crippen LogP) is 4.04. The Balaban J connectivity index is 1.48. The first-order valence-corrected chi connectivity index (χ1v) is 8.56. The highest BCUT2D eigenvalue weighted by molar-refractivity contribution is 6.35. The molecule has 0 saturated heterocycles. The summed E-state index contributed by atoms with van der Waals surface area (Å²) in [7, 11) is 0. The van der Waals surface area contributed by atoms with Crippen LogP contribution in [0.2, 0.25) is 10.0 Å². The van der Waals surface area contributed by atoms with Gasteiger partial charge in [0.15, 0.2) is 0 Å². The highest BCUT2D eigenvalue weighted by atomic mass is 35.5. The van der Waals surface area contributed by atoms with Gasteiger partial charge in [-0.3, -0.25) is 14.5 Å². The zero-order valence-electron chi connectivity index (χ0n) is 13.7. The van der Waals surface area contributed by atoms with Gasteiger partial charge in [0.2, 0.25) is 0 Å². The van der Waals surface area contributed by atoms with E-state index in [1.54, 1.807) is 36.4 Å². The van der Waals surface area contributed by atoms with Gasteiger partial charge in [0, 0.05) is 21.8 Å². The molecule has 1 aliphatic rings. The Kier molecular flexibility index (Phi) is 5.49. The number of ether oxygens (including phenoxy) is 2. The van der Waals surface area contributed by atoms with Gasteiger partial charge in [-0.05, 0) is 24.3 Å². The number of hydrogen-bond donors (Lipinski definition) is 0. The molecule has 134 valence electrons. The average Bonchev–Trinajstić information content (AvgIpc) is 2.85. The number of rotatable bonds is 6. The van der Waals surface area contributed by atoms with Crippen molar-refractivity contribution in [2.45, 2.75) is 0 Å². The van der Waals surface area contributed by atoms with Gasteiger partial charge < -0.3 is 9.47 Å². The number of amides is 1. The smallest absolute Gasteiger partial charge is 0.326 e. The van der Waals surface area contributed by atoms with Crippen LogP contribution in [0.4, 0.5) is 0 Å². The van der Waals surface area contributed by atoms with Gasteiger partial charge in [-0.15, -0.1) is 0 Å². The van der Waals surface area contributed by atoms with E-state index in [1.807, 2.05) is 6.07 Å². The molecule has 0 aliphatic carbocycles. The predicted molar refractivity (Wildman–Crippen MR) is 99.4 cm³/mol. The number of benzene rings is 2. The van der Waals surface area contributed by atoms with E-state index in [0.29, 0.717) is 27.1 Å². The minimum absolute atomic E-state index is 0.0270. The van der Waals surface area contributed by atoms with Gasteiger partial charge in [0.05, 0.1) is 5.02 Å². The van der Waals surface area contributed by atoms with E-state index < -0.39 is 5.97 Å². The largest absolute Gasteiger partial charge is 0.488 e. The molecule has 0 unspecified atom stereocenters. The number of nitrogens with zero attached hydrogens (tertiary/aromatic N) is 1. The van der Waals surface area contributed by atoms with Crippen molar-refractivity contribution in [2.24, 2.45) is 0 Å². The lowest BCUT2D eigenvalue weighted by Gasteiger charge is -2.16. The first kappa shape index (κ1) is 18.3. The fourth-order valence-corrected chi connectivity index (χ4v) is 3.04. The highest BCUT2D eigenvalue weighted by Crippen LogP contribution is 2.31. The SMILES string of the molecule is C=C1c2ccccc2C(=O)N1CC(=O)OCCOc1ccc(Cl)cc1Cl. The first-order valence-electron chi connectivity index (χ1n) is 7.81. The molecular weight excluding hydrogens is 377 g/mol. The van der Waals surface area contributed by atoms with Crippen LogP contribution in [0.1, 0.15) is 15.9 Å². The van der Waals surface area contributed by atoms with Crippen molar-refractivity contribution >= 4 is 40.8 Å². The maximum absolute atomic E-state index is 12.3. The molecule has 0 aromatic heterocycles. The van der Waals surface area contributed by atoms with Crippen molar-refractivity contribution < 1.29 is 19.1 Å². The maximum atomic E-state index is 12.3. The maximum Gasteiger partial charge on any atom is 0.326 e. The van der Waals surface area contributed by atoms with Gasteiger partial charge in [-0.2, -0.15) is 0 Å². The molecule has 1 heterocycles. The number of esters is 1. The summed E-state index contributed by atoms with van der Waals surface area (Å²) < 4.78 is 10.6. The van der Waals surface area contributed by atoms with Crippen LogP contribution >= 0.6 is 23.2 Å². The number of halogens is 2. The molecule has 1 amide bonds. The zero-order valence-corrected chi connectivity index (χ0v) is 15.2. The van der Waals surface area contributed by atoms with Crippen LogP contribution in [-0.4, -0.2) is 36.5 Å². The molecule has 26 heavy (non-hydrogen) atoms. The molecule has 7 heteroatoms. The third kappa shape index (κ3) is 3.84. The van der Waals surface area contributed by atoms with Gasteiger partial charge in [0.25, 0.3) is 5.91 Å². The van der Waals surface area contributed by atoms with Crippen LogP contribution in [0, 0.1) is 0 Å². The first-order chi connectivity index (χ1) is 12.5. The third-order valence-electron chi connectivity index (χ3n) is 3.82. The number of carbonyl (C=O) groups is 2. The molecule has 2 aromatic rings. The zero-order chi connectivity index (χ0) is 18.7. The van der Waals surface area contributed by atoms with Gasteiger partial charge in [-0.25, -0.2) is 0 Å². The Hall–Kier alpha value is -2.50. The fraction of sp³-hybridized carbons (Fsp3) is 0.158. The molecule has 5 nitrogen and oxygen atoms in total. The summed E-state index contributed by atoms with van der Waals surface area (Å²) in [5.41, 5.74) is 1.75. The summed E-state index contributed by atoms with van der Waals surface area (Å²) in [6.07, 6.45) is 0. The molecule has 0 atom stereocenters. The standard InChI is InChI=1S/C19H15Cl2NO4/c1-12-14-4-2-3-5-15(14)19(24)22(12)11-18(23)26-9-8-25-17-7-6-13(20)10-16(17)21/h2-7,10H,1,8-9,11H2. The molecule has 0 N–H and O–H groups in total. The minimum atomic E-state index is -0.543. The van der Waals surface area contributed by atoms with E-state index in [0.717, 1.165) is 5.56 Å². The van der Waals surface area contributed by atoms with Crippen molar-refractivity contribution in [3.8, 4) is 5.75 Å². The van der Waals surface area contributed by atoms with Crippen molar-refractivity contribution in [3.05, 3.63) is 70.2 Å². The van der Waals surface area contributed by atoms with Crippen LogP contribution in [-0.2, 0) is 9.53 Å². The van der Waals surface area contributed by atoms with Crippen molar-refractivity contribution in [3.63, 3.8) is 0 Å². The molecule has 0 fully saturated rings. The summed E-state index contributed by atoms with van der Waals surface area (Å²) in [4.78, 5) is 25.6. The van der Waals surface area contributed by atoms with Crippen LogP contribution in [0.15, 0.2) is 49.0 Å². The van der Waals surface area contributed by atoms with Gasteiger partial charge in [-0.1, -0.05) is 48.0 Å². The Morgan fingerprint density at radius 1 is 1.08 bits per heavy atom. The van der Waals surface area contributed by atoms with Crippen LogP contribution in [0.25, 0.3) is 5.70 Å². The van der Waals surface area contributed by atoms with E-state index in [-0.39, 0.29) is 25.7 Å². The summed E-state index contributed by atoms with van der Waals surface area (Å²) in [6.45, 7) is 3.83. The van der Waals surface area contributed by atoms with Crippen molar-refractivity contribution in [1.82, 2.24) is 4.90 Å². The molecule has 0 spiro atoms. The quantitative estimate of drug-likeness (QED) is 0.550. The second-order valence-electron chi connectivity index (χ2n) is 5.53. The van der Waals surface area contributed by atoms with Gasteiger partial charge in [0.1, 0.15) is 25.5 Å². The average molecular weight is 392 g/mol. The lowest BCUT2D eigenvalue weighted by molar-refractivity contribution is -0.144. The fourth-order valence-electron chi connectivity index (χ4n) is 2.58. The monoisotopic (exact) mass is 391 g/mol. The summed E-state index contributed by atoms with van der Waals surface area (Å²) in [5, 5.41) is 0.880. The minimum Gasteiger partial charge on any atom is -0.488 e. The van der Waals surface area contributed by atoms with E-state index in [9.17, 15) is 9.59 Å². The van der Waals surface area contributed by atoms with E-state index in [2.05, 4.69) is 6.58 Å². The van der Waals surface area contributed by atoms with Crippen LogP contribution < -0.4 is 4.74 Å². The molecule has 0 saturated carbocycles. The van der Waals surface area contributed by atoms with Crippen LogP contribution in [0.3, 0.4) is 0 Å². The molecular formula is C19H15Cl2NO4. The van der Waals surface area contributed by atoms with E-state index in [1.165, 1.54) is 4.90 Å². The van der Waals surface area contributed by atoms with Crippen LogP contribution in [0.5, 0.6) is 5.75 Å². The van der Waals surface area contributed by atoms with E-state index >= 15 is 0 Å². The highest BCUT2D eigenvalue weighted by Gasteiger charge is 2.32. The number of carbonyl (C=O) groups excluding carboxylic acids is 2. The Bertz CT molecular complexity index is 847. The lowest BCUT2D eigenvalue weighted by Crippen LogP contribution is -2.31. The van der Waals surface area contributed by atoms with E-state index in [4.69, 9.17) is 32.7 Å². The Morgan fingerprint density at radius 3 is 2.50 bits per heavy atom. The summed E-state index contributed by atoms with van der Waals surface area (Å²) in [5.74, 6) is -0.351. The number of fused-ring (bicyclic) bond motifs is 1. The Morgan fingerprint density at radius 2 is 1.81 bits per heavy atom. The second kappa shape index (κ2) is 7.81. The Labute approximate surface area is 160 Å².